The highest BCUT2D eigenvalue weighted by Crippen LogP contribution is 2.43. The second-order valence-corrected chi connectivity index (χ2v) is 6.76. The number of nitrogens with one attached hydrogen (secondary N) is 1. The molecule has 0 bridgehead atoms. The molecule has 1 aromatic rings. The molecule has 0 aromatic heterocycles. The lowest BCUT2D eigenvalue weighted by Crippen LogP contribution is -2.63. The molecule has 1 aliphatic carbocycles. The maximum absolute atomic E-state index is 13.7. The lowest BCUT2D eigenvalue weighted by Gasteiger charge is -2.47. The van der Waals surface area contributed by atoms with Crippen molar-refractivity contribution in [2.45, 2.75) is 25.1 Å². The number of benzene rings is 1. The fraction of sp³-hybridized carbons (Fsp3) is 0.611. The Morgan fingerprint density at radius 3 is 3.00 bits per heavy atom. The number of carbonyl (C=O) groups is 1. The van der Waals surface area contributed by atoms with E-state index in [4.69, 9.17) is 9.47 Å². The van der Waals surface area contributed by atoms with Gasteiger partial charge in [0.25, 0.3) is 0 Å². The van der Waals surface area contributed by atoms with Gasteiger partial charge >= 0.3 is 0 Å². The third kappa shape index (κ3) is 3.61. The average Bonchev–Trinajstić information content (AvgIpc) is 2.97. The summed E-state index contributed by atoms with van der Waals surface area (Å²) in [5.41, 5.74) is 0.595. The quantitative estimate of drug-likeness (QED) is 0.818. The van der Waals surface area contributed by atoms with Crippen LogP contribution in [0.4, 0.5) is 4.39 Å². The molecule has 6 heteroatoms. The molecule has 132 valence electrons. The number of ether oxygens (including phenoxy) is 2. The summed E-state index contributed by atoms with van der Waals surface area (Å²) in [4.78, 5) is 14.2. The molecule has 2 fully saturated rings. The SMILES string of the molecule is COC[C@@H]1[C@@H](NC(=O)CN(C)Cc2ccccc2F)[C@@H]2CCO[C@H]12. The zero-order chi connectivity index (χ0) is 17.1. The Balaban J connectivity index is 1.51. The van der Waals surface area contributed by atoms with Crippen molar-refractivity contribution in [2.75, 3.05) is 33.9 Å². The number of hydrogen-bond donors (Lipinski definition) is 1. The van der Waals surface area contributed by atoms with Crippen LogP contribution in [-0.2, 0) is 20.8 Å². The number of amides is 1. The van der Waals surface area contributed by atoms with E-state index in [2.05, 4.69) is 5.32 Å². The van der Waals surface area contributed by atoms with E-state index < -0.39 is 0 Å². The van der Waals surface area contributed by atoms with Gasteiger partial charge in [0.05, 0.1) is 19.3 Å². The fourth-order valence-electron chi connectivity index (χ4n) is 3.88. The van der Waals surface area contributed by atoms with Gasteiger partial charge in [0.2, 0.25) is 5.91 Å². The van der Waals surface area contributed by atoms with Crippen molar-refractivity contribution in [3.8, 4) is 0 Å². The minimum Gasteiger partial charge on any atom is -0.384 e. The smallest absolute Gasteiger partial charge is 0.234 e. The standard InChI is InChI=1S/C18H25FN2O3/c1-21(9-12-5-3-4-6-15(12)19)10-16(22)20-17-13-7-8-24-18(13)14(17)11-23-2/h3-6,13-14,17-18H,7-11H2,1-2H3,(H,20,22)/t13-,14+,17-,18-/m0/s1. The van der Waals surface area contributed by atoms with Gasteiger partial charge in [-0.15, -0.1) is 0 Å². The van der Waals surface area contributed by atoms with Crippen LogP contribution in [0.25, 0.3) is 0 Å². The number of halogens is 1. The molecule has 1 saturated carbocycles. The molecule has 1 aromatic carbocycles. The molecule has 1 N–H and O–H groups in total. The van der Waals surface area contributed by atoms with Crippen LogP contribution in [0.1, 0.15) is 12.0 Å². The van der Waals surface area contributed by atoms with Crippen LogP contribution in [0.2, 0.25) is 0 Å². The highest BCUT2D eigenvalue weighted by molar-refractivity contribution is 5.78. The van der Waals surface area contributed by atoms with E-state index in [0.717, 1.165) is 13.0 Å². The van der Waals surface area contributed by atoms with Crippen LogP contribution in [0.5, 0.6) is 0 Å². The molecule has 1 heterocycles. The van der Waals surface area contributed by atoms with E-state index in [9.17, 15) is 9.18 Å². The second kappa shape index (κ2) is 7.59. The molecule has 24 heavy (non-hydrogen) atoms. The Morgan fingerprint density at radius 1 is 1.46 bits per heavy atom. The normalized spacial score (nSPS) is 28.5. The van der Waals surface area contributed by atoms with Crippen LogP contribution < -0.4 is 5.32 Å². The van der Waals surface area contributed by atoms with Crippen molar-refractivity contribution in [3.63, 3.8) is 0 Å². The maximum Gasteiger partial charge on any atom is 0.234 e. The first kappa shape index (κ1) is 17.3. The Labute approximate surface area is 142 Å². The van der Waals surface area contributed by atoms with Crippen LogP contribution in [0, 0.1) is 17.7 Å². The summed E-state index contributed by atoms with van der Waals surface area (Å²) >= 11 is 0. The first-order chi connectivity index (χ1) is 11.6. The molecule has 4 atom stereocenters. The van der Waals surface area contributed by atoms with Crippen molar-refractivity contribution in [1.82, 2.24) is 10.2 Å². The van der Waals surface area contributed by atoms with Crippen LogP contribution in [0.15, 0.2) is 24.3 Å². The number of methoxy groups -OCH3 is 1. The summed E-state index contributed by atoms with van der Waals surface area (Å²) in [6, 6.07) is 6.76. The van der Waals surface area contributed by atoms with Gasteiger partial charge in [0.15, 0.2) is 0 Å². The molecular formula is C18H25FN2O3. The summed E-state index contributed by atoms with van der Waals surface area (Å²) in [5, 5.41) is 3.12. The van der Waals surface area contributed by atoms with Crippen LogP contribution in [-0.4, -0.2) is 56.9 Å². The number of likely N-dealkylation sites (N-methyl/N-ethyl adjacent to an activating group) is 1. The van der Waals surface area contributed by atoms with Crippen molar-refractivity contribution in [1.29, 1.82) is 0 Å². The number of rotatable bonds is 7. The van der Waals surface area contributed by atoms with Crippen molar-refractivity contribution < 1.29 is 18.7 Å². The zero-order valence-electron chi connectivity index (χ0n) is 14.2. The van der Waals surface area contributed by atoms with Crippen LogP contribution in [0.3, 0.4) is 0 Å². The summed E-state index contributed by atoms with van der Waals surface area (Å²) in [7, 11) is 3.49. The van der Waals surface area contributed by atoms with Gasteiger partial charge in [0.1, 0.15) is 5.82 Å². The van der Waals surface area contributed by atoms with Crippen LogP contribution >= 0.6 is 0 Å². The lowest BCUT2D eigenvalue weighted by atomic mass is 9.67. The van der Waals surface area contributed by atoms with Crippen molar-refractivity contribution in [3.05, 3.63) is 35.6 Å². The number of carbonyl (C=O) groups excluding carboxylic acids is 1. The summed E-state index contributed by atoms with van der Waals surface area (Å²) in [6.45, 7) is 2.00. The molecule has 0 radical (unpaired) electrons. The Morgan fingerprint density at radius 2 is 2.25 bits per heavy atom. The van der Waals surface area contributed by atoms with Crippen molar-refractivity contribution in [2.24, 2.45) is 11.8 Å². The van der Waals surface area contributed by atoms with E-state index in [1.165, 1.54) is 6.07 Å². The topological polar surface area (TPSA) is 50.8 Å². The lowest BCUT2D eigenvalue weighted by molar-refractivity contribution is -0.130. The molecule has 1 aliphatic heterocycles. The molecule has 5 nitrogen and oxygen atoms in total. The maximum atomic E-state index is 13.7. The van der Waals surface area contributed by atoms with Gasteiger partial charge in [-0.2, -0.15) is 0 Å². The molecule has 0 spiro atoms. The van der Waals surface area contributed by atoms with Gasteiger partial charge < -0.3 is 14.8 Å². The van der Waals surface area contributed by atoms with E-state index >= 15 is 0 Å². The third-order valence-electron chi connectivity index (χ3n) is 5.03. The predicted molar refractivity (Wildman–Crippen MR) is 87.9 cm³/mol. The molecule has 1 amide bonds. The van der Waals surface area contributed by atoms with Gasteiger partial charge in [0, 0.05) is 43.7 Å². The predicted octanol–water partition coefficient (Wildman–Crippen LogP) is 1.42. The Hall–Kier alpha value is -1.50. The second-order valence-electron chi connectivity index (χ2n) is 6.76. The van der Waals surface area contributed by atoms with Gasteiger partial charge in [-0.05, 0) is 19.5 Å². The highest BCUT2D eigenvalue weighted by Gasteiger charge is 2.54. The van der Waals surface area contributed by atoms with E-state index in [1.54, 1.807) is 25.3 Å². The van der Waals surface area contributed by atoms with E-state index in [1.807, 2.05) is 11.9 Å². The van der Waals surface area contributed by atoms with Gasteiger partial charge in [-0.25, -0.2) is 4.39 Å². The highest BCUT2D eigenvalue weighted by atomic mass is 19.1. The average molecular weight is 336 g/mol. The minimum atomic E-state index is -0.241. The first-order valence-electron chi connectivity index (χ1n) is 8.42. The molecule has 0 unspecified atom stereocenters. The first-order valence-corrected chi connectivity index (χ1v) is 8.42. The Kier molecular flexibility index (Phi) is 5.48. The van der Waals surface area contributed by atoms with Crippen molar-refractivity contribution >= 4 is 5.91 Å². The third-order valence-corrected chi connectivity index (χ3v) is 5.03. The van der Waals surface area contributed by atoms with E-state index in [-0.39, 0.29) is 36.3 Å². The molecular weight excluding hydrogens is 311 g/mol. The summed E-state index contributed by atoms with van der Waals surface area (Å²) < 4.78 is 24.7. The molecule has 3 rings (SSSR count). The van der Waals surface area contributed by atoms with Gasteiger partial charge in [-0.3, -0.25) is 9.69 Å². The number of hydrogen-bond acceptors (Lipinski definition) is 4. The Bertz CT molecular complexity index is 583. The number of fused-ring (bicyclic) bond motifs is 1. The van der Waals surface area contributed by atoms with Gasteiger partial charge in [-0.1, -0.05) is 18.2 Å². The number of nitrogens with zero attached hydrogens (tertiary/aromatic N) is 1. The fourth-order valence-corrected chi connectivity index (χ4v) is 3.88. The molecule has 1 saturated heterocycles. The summed E-state index contributed by atoms with van der Waals surface area (Å²) in [6.07, 6.45) is 1.20. The summed E-state index contributed by atoms with van der Waals surface area (Å²) in [5.74, 6) is 0.342. The zero-order valence-corrected chi connectivity index (χ0v) is 14.2. The van der Waals surface area contributed by atoms with E-state index in [0.29, 0.717) is 24.6 Å². The largest absolute Gasteiger partial charge is 0.384 e. The minimum absolute atomic E-state index is 0.0368. The molecule has 2 aliphatic rings. The monoisotopic (exact) mass is 336 g/mol.